The molecule has 0 bridgehead atoms. The second kappa shape index (κ2) is 8.26. The Labute approximate surface area is 168 Å². The van der Waals surface area contributed by atoms with Crippen LogP contribution in [0, 0.1) is 0 Å². The fourth-order valence-electron chi connectivity index (χ4n) is 3.43. The number of fused-ring (bicyclic) bond motifs is 1. The number of H-pyrrole nitrogens is 1. The summed E-state index contributed by atoms with van der Waals surface area (Å²) in [5, 5.41) is 0. The Morgan fingerprint density at radius 1 is 1.21 bits per heavy atom. The number of carbonyl (C=O) groups excluding carboxylic acids is 1. The number of carbonyl (C=O) groups is 1. The van der Waals surface area contributed by atoms with E-state index in [1.165, 1.54) is 0 Å². The highest BCUT2D eigenvalue weighted by Crippen LogP contribution is 2.20. The van der Waals surface area contributed by atoms with Gasteiger partial charge < -0.3 is 14.6 Å². The standard InChI is InChI=1S/C22H22N4O3/c1-2-19(29-15-8-4-3-5-9-15)22(28)26-13-11-16-18(14-26)24-20(25-21(16)27)17-10-6-7-12-23-17/h3-10,12,19H,2,11,13-14H2,1H3,(H,24,25,27)/t19-/m1/s1. The Bertz CT molecular complexity index is 1050. The molecule has 29 heavy (non-hydrogen) atoms. The number of pyridine rings is 1. The van der Waals surface area contributed by atoms with E-state index in [0.717, 1.165) is 0 Å². The molecule has 0 saturated heterocycles. The summed E-state index contributed by atoms with van der Waals surface area (Å²) in [5.41, 5.74) is 1.67. The number of para-hydroxylation sites is 1. The lowest BCUT2D eigenvalue weighted by atomic mass is 10.1. The van der Waals surface area contributed by atoms with Crippen molar-refractivity contribution in [2.75, 3.05) is 6.54 Å². The number of aromatic amines is 1. The molecule has 0 aliphatic carbocycles. The molecule has 0 fully saturated rings. The minimum absolute atomic E-state index is 0.0940. The van der Waals surface area contributed by atoms with E-state index in [1.807, 2.05) is 43.3 Å². The molecule has 148 valence electrons. The van der Waals surface area contributed by atoms with Crippen molar-refractivity contribution >= 4 is 5.91 Å². The van der Waals surface area contributed by atoms with Crippen molar-refractivity contribution in [3.63, 3.8) is 0 Å². The van der Waals surface area contributed by atoms with Crippen molar-refractivity contribution in [1.29, 1.82) is 0 Å². The first-order valence-electron chi connectivity index (χ1n) is 9.69. The van der Waals surface area contributed by atoms with Crippen LogP contribution in [0.25, 0.3) is 11.5 Å². The van der Waals surface area contributed by atoms with Crippen molar-refractivity contribution in [2.45, 2.75) is 32.4 Å². The molecule has 7 heteroatoms. The first kappa shape index (κ1) is 18.9. The van der Waals surface area contributed by atoms with Crippen LogP contribution in [0.2, 0.25) is 0 Å². The Morgan fingerprint density at radius 3 is 2.72 bits per heavy atom. The molecule has 1 atom stereocenters. The summed E-state index contributed by atoms with van der Waals surface area (Å²) in [6, 6.07) is 14.8. The van der Waals surface area contributed by atoms with Gasteiger partial charge in [-0.2, -0.15) is 0 Å². The lowest BCUT2D eigenvalue weighted by Crippen LogP contribution is -2.45. The highest BCUT2D eigenvalue weighted by atomic mass is 16.5. The molecule has 1 amide bonds. The fourth-order valence-corrected chi connectivity index (χ4v) is 3.43. The third kappa shape index (κ3) is 4.03. The van der Waals surface area contributed by atoms with Gasteiger partial charge in [0.15, 0.2) is 11.9 Å². The van der Waals surface area contributed by atoms with Crippen molar-refractivity contribution < 1.29 is 9.53 Å². The Balaban J connectivity index is 1.56. The Kier molecular flexibility index (Phi) is 5.37. The number of aromatic nitrogens is 3. The lowest BCUT2D eigenvalue weighted by Gasteiger charge is -2.30. The summed E-state index contributed by atoms with van der Waals surface area (Å²) < 4.78 is 5.89. The second-order valence-corrected chi connectivity index (χ2v) is 6.89. The van der Waals surface area contributed by atoms with Gasteiger partial charge in [-0.25, -0.2) is 4.98 Å². The van der Waals surface area contributed by atoms with Crippen molar-refractivity contribution in [3.05, 3.63) is 76.3 Å². The number of nitrogens with one attached hydrogen (secondary N) is 1. The van der Waals surface area contributed by atoms with E-state index >= 15 is 0 Å². The maximum absolute atomic E-state index is 13.1. The second-order valence-electron chi connectivity index (χ2n) is 6.89. The molecule has 4 rings (SSSR count). The topological polar surface area (TPSA) is 88.2 Å². The van der Waals surface area contributed by atoms with Crippen LogP contribution in [-0.4, -0.2) is 38.4 Å². The van der Waals surface area contributed by atoms with Crippen LogP contribution in [-0.2, 0) is 17.8 Å². The van der Waals surface area contributed by atoms with E-state index < -0.39 is 6.10 Å². The molecule has 0 radical (unpaired) electrons. The molecule has 0 unspecified atom stereocenters. The van der Waals surface area contributed by atoms with Gasteiger partial charge in [0.2, 0.25) is 0 Å². The largest absolute Gasteiger partial charge is 0.481 e. The van der Waals surface area contributed by atoms with E-state index in [0.29, 0.717) is 47.9 Å². The van der Waals surface area contributed by atoms with Crippen LogP contribution >= 0.6 is 0 Å². The fraction of sp³-hybridized carbons (Fsp3) is 0.273. The van der Waals surface area contributed by atoms with E-state index in [9.17, 15) is 9.59 Å². The first-order chi connectivity index (χ1) is 14.2. The minimum atomic E-state index is -0.573. The van der Waals surface area contributed by atoms with Gasteiger partial charge in [-0.05, 0) is 37.1 Å². The molecule has 7 nitrogen and oxygen atoms in total. The quantitative estimate of drug-likeness (QED) is 0.723. The summed E-state index contributed by atoms with van der Waals surface area (Å²) in [6.07, 6.45) is 2.10. The monoisotopic (exact) mass is 390 g/mol. The molecule has 3 aromatic rings. The summed E-state index contributed by atoms with van der Waals surface area (Å²) in [4.78, 5) is 38.9. The van der Waals surface area contributed by atoms with Gasteiger partial charge in [0.1, 0.15) is 11.4 Å². The predicted octanol–water partition coefficient (Wildman–Crippen LogP) is 2.57. The average Bonchev–Trinajstić information content (AvgIpc) is 2.78. The van der Waals surface area contributed by atoms with Crippen LogP contribution in [0.5, 0.6) is 5.75 Å². The number of rotatable bonds is 5. The van der Waals surface area contributed by atoms with Gasteiger partial charge in [-0.3, -0.25) is 14.6 Å². The zero-order chi connectivity index (χ0) is 20.2. The molecule has 2 aromatic heterocycles. The Morgan fingerprint density at radius 2 is 2.00 bits per heavy atom. The average molecular weight is 390 g/mol. The van der Waals surface area contributed by atoms with Crippen LogP contribution in [0.4, 0.5) is 0 Å². The molecule has 1 aromatic carbocycles. The van der Waals surface area contributed by atoms with Crippen molar-refractivity contribution in [3.8, 4) is 17.3 Å². The smallest absolute Gasteiger partial charge is 0.263 e. The van der Waals surface area contributed by atoms with Crippen LogP contribution in [0.1, 0.15) is 24.6 Å². The maximum Gasteiger partial charge on any atom is 0.263 e. The normalized spacial score (nSPS) is 14.2. The van der Waals surface area contributed by atoms with E-state index in [-0.39, 0.29) is 18.0 Å². The third-order valence-corrected chi connectivity index (χ3v) is 4.96. The van der Waals surface area contributed by atoms with Crippen molar-refractivity contribution in [2.24, 2.45) is 0 Å². The highest BCUT2D eigenvalue weighted by molar-refractivity contribution is 5.81. The highest BCUT2D eigenvalue weighted by Gasteiger charge is 2.29. The number of hydrogen-bond donors (Lipinski definition) is 1. The van der Waals surface area contributed by atoms with Gasteiger partial charge >= 0.3 is 0 Å². The summed E-state index contributed by atoms with van der Waals surface area (Å²) in [7, 11) is 0. The molecule has 1 aliphatic heterocycles. The number of hydrogen-bond acceptors (Lipinski definition) is 5. The van der Waals surface area contributed by atoms with Gasteiger partial charge in [-0.15, -0.1) is 0 Å². The molecule has 1 N–H and O–H groups in total. The van der Waals surface area contributed by atoms with Gasteiger partial charge in [0, 0.05) is 18.3 Å². The number of ether oxygens (including phenoxy) is 1. The molecule has 1 aliphatic rings. The van der Waals surface area contributed by atoms with E-state index in [2.05, 4.69) is 15.0 Å². The summed E-state index contributed by atoms with van der Waals surface area (Å²) in [6.45, 7) is 2.67. The van der Waals surface area contributed by atoms with Crippen LogP contribution in [0.15, 0.2) is 59.5 Å². The van der Waals surface area contributed by atoms with Crippen molar-refractivity contribution in [1.82, 2.24) is 19.9 Å². The predicted molar refractivity (Wildman–Crippen MR) is 108 cm³/mol. The third-order valence-electron chi connectivity index (χ3n) is 4.96. The Hall–Kier alpha value is -3.48. The summed E-state index contributed by atoms with van der Waals surface area (Å²) >= 11 is 0. The zero-order valence-electron chi connectivity index (χ0n) is 16.2. The van der Waals surface area contributed by atoms with Gasteiger partial charge in [0.05, 0.1) is 12.2 Å². The molecule has 0 saturated carbocycles. The van der Waals surface area contributed by atoms with Gasteiger partial charge in [-0.1, -0.05) is 31.2 Å². The first-order valence-corrected chi connectivity index (χ1v) is 9.69. The zero-order valence-corrected chi connectivity index (χ0v) is 16.2. The van der Waals surface area contributed by atoms with Gasteiger partial charge in [0.25, 0.3) is 11.5 Å². The number of nitrogens with zero attached hydrogens (tertiary/aromatic N) is 3. The molecular formula is C22H22N4O3. The number of benzene rings is 1. The van der Waals surface area contributed by atoms with E-state index in [4.69, 9.17) is 4.74 Å². The van der Waals surface area contributed by atoms with E-state index in [1.54, 1.807) is 23.2 Å². The molecule has 3 heterocycles. The SMILES string of the molecule is CC[C@@H](Oc1ccccc1)C(=O)N1CCc2c(nc(-c3ccccn3)[nH]c2=O)C1. The molecular weight excluding hydrogens is 368 g/mol. The molecule has 0 spiro atoms. The van der Waals surface area contributed by atoms with Crippen LogP contribution < -0.4 is 10.3 Å². The summed E-state index contributed by atoms with van der Waals surface area (Å²) in [5.74, 6) is 0.983. The number of amides is 1. The van der Waals surface area contributed by atoms with Crippen LogP contribution in [0.3, 0.4) is 0 Å². The lowest BCUT2D eigenvalue weighted by molar-refractivity contribution is -0.139. The maximum atomic E-state index is 13.1. The minimum Gasteiger partial charge on any atom is -0.481 e.